The van der Waals surface area contributed by atoms with Crippen LogP contribution in [0.1, 0.15) is 23.7 Å². The maximum absolute atomic E-state index is 11.0. The smallest absolute Gasteiger partial charge is 0.337 e. The number of nitrogens with zero attached hydrogens (tertiary/aromatic N) is 2. The minimum absolute atomic E-state index is 0.00600. The number of pyridine rings is 1. The van der Waals surface area contributed by atoms with Crippen LogP contribution in [0, 0.1) is 0 Å². The normalized spacial score (nSPS) is 10.1. The summed E-state index contributed by atoms with van der Waals surface area (Å²) in [6, 6.07) is 1.47. The Bertz CT molecular complexity index is 349. The molecule has 1 heterocycles. The molecule has 0 aromatic carbocycles. The molecular weight excluding hydrogens is 208 g/mol. The van der Waals surface area contributed by atoms with Gasteiger partial charge in [-0.05, 0) is 12.5 Å². The largest absolute Gasteiger partial charge is 0.478 e. The van der Waals surface area contributed by atoms with Crippen LogP contribution >= 0.6 is 0 Å². The fraction of sp³-hybridized carbons (Fsp3) is 0.455. The van der Waals surface area contributed by atoms with Crippen LogP contribution in [0.3, 0.4) is 0 Å². The number of hydrogen-bond acceptors (Lipinski definition) is 4. The molecule has 16 heavy (non-hydrogen) atoms. The molecule has 1 aromatic rings. The minimum Gasteiger partial charge on any atom is -0.478 e. The third-order valence-electron chi connectivity index (χ3n) is 2.23. The second-order valence-electron chi connectivity index (χ2n) is 3.41. The summed E-state index contributed by atoms with van der Waals surface area (Å²) in [5.41, 5.74) is 0.780. The highest BCUT2D eigenvalue weighted by Gasteiger charge is 2.14. The molecule has 0 radical (unpaired) electrons. The number of carboxylic acid groups (broad SMARTS) is 1. The lowest BCUT2D eigenvalue weighted by Gasteiger charge is -2.24. The summed E-state index contributed by atoms with van der Waals surface area (Å²) in [6.07, 6.45) is 3.86. The van der Waals surface area contributed by atoms with Crippen molar-refractivity contribution in [2.24, 2.45) is 0 Å². The van der Waals surface area contributed by atoms with Crippen LogP contribution in [0.2, 0.25) is 0 Å². The Labute approximate surface area is 94.4 Å². The standard InChI is InChI=1S/C11H16N2O3/c1-2-5-13(6-7-14)10-8-12-4-3-9(10)11(15)16/h3-4,8,14H,2,5-7H2,1H3,(H,15,16). The summed E-state index contributed by atoms with van der Waals surface area (Å²) in [6.45, 7) is 3.11. The highest BCUT2D eigenvalue weighted by molar-refractivity contribution is 5.94. The lowest BCUT2D eigenvalue weighted by Crippen LogP contribution is -2.29. The number of carbonyl (C=O) groups is 1. The Hall–Kier alpha value is -1.62. The van der Waals surface area contributed by atoms with Crippen molar-refractivity contribution < 1.29 is 15.0 Å². The van der Waals surface area contributed by atoms with Gasteiger partial charge in [-0.3, -0.25) is 4.98 Å². The van der Waals surface area contributed by atoms with Gasteiger partial charge in [0.25, 0.3) is 0 Å². The zero-order valence-corrected chi connectivity index (χ0v) is 9.26. The first-order valence-corrected chi connectivity index (χ1v) is 5.23. The fourth-order valence-corrected chi connectivity index (χ4v) is 1.56. The van der Waals surface area contributed by atoms with Crippen LogP contribution in [0.15, 0.2) is 18.5 Å². The van der Waals surface area contributed by atoms with Crippen molar-refractivity contribution in [2.75, 3.05) is 24.6 Å². The Kier molecular flexibility index (Phi) is 4.72. The third kappa shape index (κ3) is 2.93. The SMILES string of the molecule is CCCN(CCO)c1cnccc1C(=O)O. The van der Waals surface area contributed by atoms with Crippen molar-refractivity contribution in [1.29, 1.82) is 0 Å². The first kappa shape index (κ1) is 12.4. The lowest BCUT2D eigenvalue weighted by molar-refractivity contribution is 0.0697. The van der Waals surface area contributed by atoms with Crippen molar-refractivity contribution in [3.05, 3.63) is 24.0 Å². The van der Waals surface area contributed by atoms with Gasteiger partial charge in [-0.25, -0.2) is 4.79 Å². The summed E-state index contributed by atoms with van der Waals surface area (Å²) < 4.78 is 0. The molecular formula is C11H16N2O3. The molecule has 88 valence electrons. The molecule has 0 aliphatic rings. The Morgan fingerprint density at radius 2 is 2.25 bits per heavy atom. The van der Waals surface area contributed by atoms with Gasteiger partial charge in [0, 0.05) is 19.3 Å². The molecule has 1 aromatic heterocycles. The highest BCUT2D eigenvalue weighted by atomic mass is 16.4. The number of hydrogen-bond donors (Lipinski definition) is 2. The van der Waals surface area contributed by atoms with E-state index in [1.54, 1.807) is 0 Å². The number of aromatic nitrogens is 1. The number of anilines is 1. The van der Waals surface area contributed by atoms with Crippen LogP contribution in [-0.2, 0) is 0 Å². The molecule has 0 saturated carbocycles. The van der Waals surface area contributed by atoms with Gasteiger partial charge in [0.15, 0.2) is 0 Å². The van der Waals surface area contributed by atoms with E-state index < -0.39 is 5.97 Å². The van der Waals surface area contributed by atoms with Crippen LogP contribution in [-0.4, -0.2) is 40.9 Å². The second kappa shape index (κ2) is 6.07. The van der Waals surface area contributed by atoms with Gasteiger partial charge in [0.1, 0.15) is 0 Å². The monoisotopic (exact) mass is 224 g/mol. The van der Waals surface area contributed by atoms with Crippen molar-refractivity contribution >= 4 is 11.7 Å². The quantitative estimate of drug-likeness (QED) is 0.753. The number of aromatic carboxylic acids is 1. The first-order chi connectivity index (χ1) is 7.70. The Morgan fingerprint density at radius 3 is 2.81 bits per heavy atom. The molecule has 0 aliphatic carbocycles. The van der Waals surface area contributed by atoms with Gasteiger partial charge in [0.2, 0.25) is 0 Å². The van der Waals surface area contributed by atoms with Crippen LogP contribution < -0.4 is 4.90 Å². The number of aliphatic hydroxyl groups excluding tert-OH is 1. The summed E-state index contributed by atoms with van der Waals surface area (Å²) in [5, 5.41) is 18.0. The van der Waals surface area contributed by atoms with Crippen molar-refractivity contribution in [3.63, 3.8) is 0 Å². The molecule has 0 aliphatic heterocycles. The molecule has 0 atom stereocenters. The van der Waals surface area contributed by atoms with E-state index >= 15 is 0 Å². The number of rotatable bonds is 6. The average Bonchev–Trinajstić information content (AvgIpc) is 2.29. The molecule has 0 spiro atoms. The molecule has 1 rings (SSSR count). The van der Waals surface area contributed by atoms with E-state index in [-0.39, 0.29) is 12.2 Å². The summed E-state index contributed by atoms with van der Waals surface area (Å²) in [7, 11) is 0. The maximum Gasteiger partial charge on any atom is 0.337 e. The van der Waals surface area contributed by atoms with Gasteiger partial charge in [-0.1, -0.05) is 6.92 Å². The maximum atomic E-state index is 11.0. The highest BCUT2D eigenvalue weighted by Crippen LogP contribution is 2.19. The molecule has 5 heteroatoms. The average molecular weight is 224 g/mol. The molecule has 5 nitrogen and oxygen atoms in total. The molecule has 0 saturated heterocycles. The van der Waals surface area contributed by atoms with E-state index in [0.717, 1.165) is 6.42 Å². The minimum atomic E-state index is -0.976. The Balaban J connectivity index is 3.02. The summed E-state index contributed by atoms with van der Waals surface area (Å²) >= 11 is 0. The molecule has 2 N–H and O–H groups in total. The molecule has 0 unspecified atom stereocenters. The Morgan fingerprint density at radius 1 is 1.50 bits per heavy atom. The van der Waals surface area contributed by atoms with E-state index in [1.165, 1.54) is 18.5 Å². The summed E-state index contributed by atoms with van der Waals surface area (Å²) in [5.74, 6) is -0.976. The van der Waals surface area contributed by atoms with Crippen molar-refractivity contribution in [2.45, 2.75) is 13.3 Å². The number of aliphatic hydroxyl groups is 1. The van der Waals surface area contributed by atoms with Crippen molar-refractivity contribution in [3.8, 4) is 0 Å². The lowest BCUT2D eigenvalue weighted by atomic mass is 10.2. The van der Waals surface area contributed by atoms with Gasteiger partial charge < -0.3 is 15.1 Å². The van der Waals surface area contributed by atoms with Crippen molar-refractivity contribution in [1.82, 2.24) is 4.98 Å². The van der Waals surface area contributed by atoms with Gasteiger partial charge in [0.05, 0.1) is 24.1 Å². The second-order valence-corrected chi connectivity index (χ2v) is 3.41. The predicted octanol–water partition coefficient (Wildman–Crippen LogP) is 0.989. The fourth-order valence-electron chi connectivity index (χ4n) is 1.56. The summed E-state index contributed by atoms with van der Waals surface area (Å²) in [4.78, 5) is 16.8. The van der Waals surface area contributed by atoms with E-state index in [9.17, 15) is 4.79 Å². The third-order valence-corrected chi connectivity index (χ3v) is 2.23. The van der Waals surface area contributed by atoms with E-state index in [2.05, 4.69) is 4.98 Å². The van der Waals surface area contributed by atoms with E-state index in [1.807, 2.05) is 11.8 Å². The zero-order valence-electron chi connectivity index (χ0n) is 9.26. The van der Waals surface area contributed by atoms with E-state index in [4.69, 9.17) is 10.2 Å². The van der Waals surface area contributed by atoms with Gasteiger partial charge in [-0.15, -0.1) is 0 Å². The van der Waals surface area contributed by atoms with Gasteiger partial charge in [-0.2, -0.15) is 0 Å². The van der Waals surface area contributed by atoms with Crippen LogP contribution in [0.4, 0.5) is 5.69 Å². The molecule has 0 amide bonds. The van der Waals surface area contributed by atoms with E-state index in [0.29, 0.717) is 18.8 Å². The van der Waals surface area contributed by atoms with Crippen LogP contribution in [0.25, 0.3) is 0 Å². The molecule has 0 fully saturated rings. The van der Waals surface area contributed by atoms with Crippen LogP contribution in [0.5, 0.6) is 0 Å². The zero-order chi connectivity index (χ0) is 12.0. The molecule has 0 bridgehead atoms. The van der Waals surface area contributed by atoms with Gasteiger partial charge >= 0.3 is 5.97 Å². The predicted molar refractivity (Wildman–Crippen MR) is 60.8 cm³/mol. The first-order valence-electron chi connectivity index (χ1n) is 5.23. The topological polar surface area (TPSA) is 73.7 Å². The number of carboxylic acids is 1.